The molecule has 0 atom stereocenters. The van der Waals surface area contributed by atoms with Crippen LogP contribution in [0.2, 0.25) is 0 Å². The lowest BCUT2D eigenvalue weighted by molar-refractivity contribution is 0.590. The predicted molar refractivity (Wildman–Crippen MR) is 280 cm³/mol. The standard InChI is InChI=1S/C62H64N2/c1-33(2)41-27-47(35(5)6)57-49(29-41)55-53-45-25-19-40(38-17-23-44(24-18-38)62(12,13)14)32-52(45)64-58-48(36(7)8)28-42(34(3)4)30-50(58)56(60(53)64)54-46-26-20-39(31-51(46)63(57)59(54)55)37-15-21-43(22-16-37)61(9,10)11/h15-36H,1-14H3. The van der Waals surface area contributed by atoms with E-state index in [0.29, 0.717) is 23.7 Å². The van der Waals surface area contributed by atoms with Gasteiger partial charge >= 0.3 is 0 Å². The second-order valence-electron chi connectivity index (χ2n) is 22.6. The van der Waals surface area contributed by atoms with Crippen molar-refractivity contribution < 1.29 is 0 Å². The molecule has 4 heterocycles. The van der Waals surface area contributed by atoms with Crippen LogP contribution in [0.1, 0.15) is 154 Å². The van der Waals surface area contributed by atoms with Crippen molar-refractivity contribution in [2.45, 2.75) is 131 Å². The van der Waals surface area contributed by atoms with Crippen molar-refractivity contribution in [2.24, 2.45) is 0 Å². The number of hydrogen-bond acceptors (Lipinski definition) is 0. The molecule has 0 aliphatic heterocycles. The Labute approximate surface area is 379 Å². The van der Waals surface area contributed by atoms with Crippen molar-refractivity contribution in [3.8, 4) is 22.3 Å². The van der Waals surface area contributed by atoms with E-state index in [1.54, 1.807) is 0 Å². The lowest BCUT2D eigenvalue weighted by Crippen LogP contribution is -2.10. The van der Waals surface area contributed by atoms with E-state index in [2.05, 4.69) is 215 Å². The molecule has 0 amide bonds. The van der Waals surface area contributed by atoms with Gasteiger partial charge in [0.2, 0.25) is 0 Å². The van der Waals surface area contributed by atoms with E-state index in [9.17, 15) is 0 Å². The normalized spacial score (nSPS) is 13.4. The van der Waals surface area contributed by atoms with Crippen LogP contribution in [-0.2, 0) is 10.8 Å². The summed E-state index contributed by atoms with van der Waals surface area (Å²) in [6.07, 6.45) is 0. The smallest absolute Gasteiger partial charge is 0.0634 e. The molecule has 4 aromatic heterocycles. The van der Waals surface area contributed by atoms with Gasteiger partial charge < -0.3 is 8.80 Å². The number of fused-ring (bicyclic) bond motifs is 14. The van der Waals surface area contributed by atoms with Gasteiger partial charge in [-0.2, -0.15) is 0 Å². The Bertz CT molecular complexity index is 3400. The van der Waals surface area contributed by atoms with E-state index in [4.69, 9.17) is 0 Å². The van der Waals surface area contributed by atoms with Gasteiger partial charge in [0.25, 0.3) is 0 Å². The molecule has 0 unspecified atom stereocenters. The third-order valence-electron chi connectivity index (χ3n) is 15.0. The van der Waals surface area contributed by atoms with Crippen molar-refractivity contribution in [1.82, 2.24) is 8.80 Å². The highest BCUT2D eigenvalue weighted by Crippen LogP contribution is 2.54. The highest BCUT2D eigenvalue weighted by atomic mass is 14.9. The Kier molecular flexibility index (Phi) is 8.83. The number of hydrogen-bond donors (Lipinski definition) is 0. The topological polar surface area (TPSA) is 8.82 Å². The van der Waals surface area contributed by atoms with Gasteiger partial charge in [-0.15, -0.1) is 0 Å². The average Bonchev–Trinajstić information content (AvgIpc) is 3.97. The summed E-state index contributed by atoms with van der Waals surface area (Å²) in [6, 6.07) is 43.5. The van der Waals surface area contributed by atoms with E-state index < -0.39 is 0 Å². The fourth-order valence-electron chi connectivity index (χ4n) is 11.3. The summed E-state index contributed by atoms with van der Waals surface area (Å²) in [4.78, 5) is 0. The van der Waals surface area contributed by atoms with E-state index in [1.807, 2.05) is 0 Å². The van der Waals surface area contributed by atoms with Crippen molar-refractivity contribution >= 4 is 76.2 Å². The predicted octanol–water partition coefficient (Wildman–Crippen LogP) is 18.4. The molecule has 2 nitrogen and oxygen atoms in total. The first kappa shape index (κ1) is 40.9. The van der Waals surface area contributed by atoms with Gasteiger partial charge in [0.15, 0.2) is 0 Å². The number of nitrogens with zero attached hydrogens (tertiary/aromatic N) is 2. The van der Waals surface area contributed by atoms with Gasteiger partial charge in [-0.1, -0.05) is 182 Å². The minimum absolute atomic E-state index is 0.103. The maximum atomic E-state index is 2.71. The highest BCUT2D eigenvalue weighted by Gasteiger charge is 2.32. The van der Waals surface area contributed by atoms with Crippen LogP contribution < -0.4 is 0 Å². The summed E-state index contributed by atoms with van der Waals surface area (Å²) in [6.45, 7) is 32.7. The van der Waals surface area contributed by atoms with Crippen molar-refractivity contribution in [1.29, 1.82) is 0 Å². The van der Waals surface area contributed by atoms with Gasteiger partial charge in [0.05, 0.1) is 33.1 Å². The van der Waals surface area contributed by atoms with Gasteiger partial charge in [-0.3, -0.25) is 0 Å². The monoisotopic (exact) mass is 837 g/mol. The third kappa shape index (κ3) is 5.76. The molecule has 11 rings (SSSR count). The minimum Gasteiger partial charge on any atom is -0.308 e. The van der Waals surface area contributed by atoms with Crippen LogP contribution in [0.5, 0.6) is 0 Å². The first-order valence-corrected chi connectivity index (χ1v) is 24.0. The quantitative estimate of drug-likeness (QED) is 0.158. The minimum atomic E-state index is 0.103. The molecule has 322 valence electrons. The van der Waals surface area contributed by atoms with E-state index in [-0.39, 0.29) is 10.8 Å². The molecule has 7 aromatic carbocycles. The summed E-state index contributed by atoms with van der Waals surface area (Å²) < 4.78 is 5.42. The Morgan fingerprint density at radius 3 is 0.969 bits per heavy atom. The SMILES string of the molecule is CC(C)c1cc(C(C)C)c2c(c1)c1c3c4ccc(-c5ccc(C(C)(C)C)cc5)cc4n4c5c(C(C)C)cc(C(C)C)cc5c(c5c6ccc(-c7ccc(C(C)(C)C)cc7)cc6n2c51)c34. The summed E-state index contributed by atoms with van der Waals surface area (Å²) in [7, 11) is 0. The van der Waals surface area contributed by atoms with Crippen LogP contribution in [0.15, 0.2) is 109 Å². The van der Waals surface area contributed by atoms with Gasteiger partial charge in [0.1, 0.15) is 0 Å². The van der Waals surface area contributed by atoms with E-state index in [1.165, 1.54) is 132 Å². The molecule has 0 fully saturated rings. The zero-order valence-electron chi connectivity index (χ0n) is 40.6. The Morgan fingerprint density at radius 1 is 0.328 bits per heavy atom. The lowest BCUT2D eigenvalue weighted by Gasteiger charge is -2.19. The molecule has 0 saturated heterocycles. The molecule has 0 aliphatic rings. The third-order valence-corrected chi connectivity index (χ3v) is 15.0. The first-order chi connectivity index (χ1) is 30.3. The van der Waals surface area contributed by atoms with Gasteiger partial charge in [0, 0.05) is 43.1 Å². The van der Waals surface area contributed by atoms with E-state index >= 15 is 0 Å². The molecular weight excluding hydrogens is 773 g/mol. The number of rotatable bonds is 6. The molecule has 0 N–H and O–H groups in total. The maximum absolute atomic E-state index is 2.71. The summed E-state index contributed by atoms with van der Waals surface area (Å²) in [5, 5.41) is 11.0. The van der Waals surface area contributed by atoms with E-state index in [0.717, 1.165) is 0 Å². The molecule has 0 aliphatic carbocycles. The molecule has 2 heteroatoms. The molecule has 11 aromatic rings. The lowest BCUT2D eigenvalue weighted by atomic mass is 9.86. The Hall–Kier alpha value is -5.86. The van der Waals surface area contributed by atoms with Crippen LogP contribution in [0.25, 0.3) is 98.4 Å². The number of aromatic nitrogens is 2. The zero-order valence-corrected chi connectivity index (χ0v) is 40.6. The van der Waals surface area contributed by atoms with Crippen LogP contribution in [0.3, 0.4) is 0 Å². The highest BCUT2D eigenvalue weighted by molar-refractivity contribution is 6.45. The maximum Gasteiger partial charge on any atom is 0.0634 e. The average molecular weight is 837 g/mol. The second kappa shape index (κ2) is 13.8. The van der Waals surface area contributed by atoms with Crippen molar-refractivity contribution in [3.05, 3.63) is 143 Å². The fraction of sp³-hybridized carbons (Fsp3) is 0.323. The molecule has 0 bridgehead atoms. The van der Waals surface area contributed by atoms with Crippen molar-refractivity contribution in [2.75, 3.05) is 0 Å². The zero-order chi connectivity index (χ0) is 45.0. The second-order valence-corrected chi connectivity index (χ2v) is 22.6. The Morgan fingerprint density at radius 2 is 0.656 bits per heavy atom. The van der Waals surface area contributed by atoms with Crippen LogP contribution >= 0.6 is 0 Å². The Balaban J connectivity index is 1.37. The summed E-state index contributed by atoms with van der Waals surface area (Å²) in [5.74, 6) is 1.51. The van der Waals surface area contributed by atoms with Crippen LogP contribution in [-0.4, -0.2) is 8.80 Å². The fourth-order valence-corrected chi connectivity index (χ4v) is 11.3. The van der Waals surface area contributed by atoms with Crippen LogP contribution in [0.4, 0.5) is 0 Å². The molecular formula is C62H64N2. The van der Waals surface area contributed by atoms with Gasteiger partial charge in [-0.05, 0) is 114 Å². The molecule has 0 radical (unpaired) electrons. The summed E-state index contributed by atoms with van der Waals surface area (Å²) in [5.41, 5.74) is 21.7. The van der Waals surface area contributed by atoms with Crippen LogP contribution in [0, 0.1) is 0 Å². The largest absolute Gasteiger partial charge is 0.308 e. The number of benzene rings is 7. The first-order valence-electron chi connectivity index (χ1n) is 24.0. The van der Waals surface area contributed by atoms with Crippen molar-refractivity contribution in [3.63, 3.8) is 0 Å². The summed E-state index contributed by atoms with van der Waals surface area (Å²) >= 11 is 0. The molecule has 0 spiro atoms. The molecule has 64 heavy (non-hydrogen) atoms. The van der Waals surface area contributed by atoms with Gasteiger partial charge in [-0.25, -0.2) is 0 Å². The molecule has 0 saturated carbocycles.